The van der Waals surface area contributed by atoms with Gasteiger partial charge in [-0.15, -0.1) is 45.3 Å². The minimum Gasteiger partial charge on any atom is -0.464 e. The van der Waals surface area contributed by atoms with Crippen LogP contribution in [0.4, 0.5) is 0 Å². The number of thiazole rings is 4. The van der Waals surface area contributed by atoms with E-state index in [1.165, 1.54) is 73.5 Å². The minimum atomic E-state index is -2.03. The summed E-state index contributed by atoms with van der Waals surface area (Å²) < 4.78 is 27.8. The van der Waals surface area contributed by atoms with Gasteiger partial charge in [0.05, 0.1) is 44.2 Å². The summed E-state index contributed by atoms with van der Waals surface area (Å²) in [6.07, 6.45) is 8.15. The largest absolute Gasteiger partial charge is 0.464 e. The maximum absolute atomic E-state index is 13.9. The van der Waals surface area contributed by atoms with Crippen molar-refractivity contribution in [1.82, 2.24) is 60.0 Å². The van der Waals surface area contributed by atoms with Crippen LogP contribution in [0.25, 0.3) is 10.4 Å². The number of ketones is 2. The van der Waals surface area contributed by atoms with E-state index >= 15 is 0 Å². The zero-order chi connectivity index (χ0) is 108. The standard InChI is InChI=1S/C28H46N4O5S.C26H44N4O4S.C25H42N2O6S.C24H43N5O4SSi/c1-9-18(4)20(14-24(34)22-12-10-11-13-31(22)7)28(36)32(8)23(17(2)3)15-25(37-19(5)33)27-30-21(16-38-27)26(35)29-6;1-8-17(4)18(13-22(31)20-11-9-10-12-29(20)6)26(34)30(7)21(16(2)3)14-23(32)25-28-19(15-35-25)24(33)27-5;1-10-16(5)17(12-21(29)33-25(6,7)8)23(30)27(9)19(15(3)4)13-20(28)22-26-18(14-34-22)24(31)32-11-2;1-10-17(7)21(27-28-25)23(30)29(8)19(16(5)6)14-20(33-35(11-2,12-3)13-4)22-26-18(15-34-22)24(31)32-9/h16-18,20,22-23,25H,9-15H2,1-8H3,(H,29,35);15-18,20-21,23,32H,8-14H2,1-7H3,(H,27,33);14-17,19-20,28H,10-13H2,1-9H3;15-17,19-21H,10-14H2,1-9H3/t18-,20-,22+,23+,25+;17-,18-,20+,21+,23+;16-,17-,19+,20+;17-,19+,20+,21?/m0000/s1. The normalized spacial score (nSPS) is 17.6. The van der Waals surface area contributed by atoms with E-state index in [-0.39, 0.29) is 198 Å². The summed E-state index contributed by atoms with van der Waals surface area (Å²) in [5.74, 6) is -3.53. The predicted molar refractivity (Wildman–Crippen MR) is 564 cm³/mol. The Labute approximate surface area is 864 Å². The van der Waals surface area contributed by atoms with Crippen LogP contribution in [0.1, 0.15) is 362 Å². The van der Waals surface area contributed by atoms with E-state index in [1.807, 2.05) is 104 Å². The second kappa shape index (κ2) is 62.8. The number of ether oxygens (including phenoxy) is 4. The van der Waals surface area contributed by atoms with Crippen molar-refractivity contribution in [3.05, 3.63) is 74.8 Å². The van der Waals surface area contributed by atoms with Gasteiger partial charge >= 0.3 is 23.9 Å². The lowest BCUT2D eigenvalue weighted by Crippen LogP contribution is -2.48. The molecule has 6 rings (SSSR count). The number of nitrogens with zero attached hydrogens (tertiary/aromatic N) is 13. The van der Waals surface area contributed by atoms with Crippen LogP contribution in [0.15, 0.2) is 26.6 Å². The second-order valence-electron chi connectivity index (χ2n) is 40.7. The Bertz CT molecular complexity index is 4630. The van der Waals surface area contributed by atoms with Crippen LogP contribution in [-0.4, -0.2) is 270 Å². The number of hydrogen-bond donors (Lipinski definition) is 4. The molecule has 0 spiro atoms. The molecule has 0 aromatic carbocycles. The van der Waals surface area contributed by atoms with Crippen LogP contribution < -0.4 is 10.6 Å². The average Bonchev–Trinajstić information content (AvgIpc) is 1.52. The van der Waals surface area contributed by atoms with Crippen molar-refractivity contribution in [2.24, 2.45) is 70.2 Å². The van der Waals surface area contributed by atoms with Gasteiger partial charge in [-0.25, -0.2) is 29.5 Å². The maximum Gasteiger partial charge on any atom is 0.357 e. The average molecular weight is 2080 g/mol. The smallest absolute Gasteiger partial charge is 0.357 e. The van der Waals surface area contributed by atoms with Crippen molar-refractivity contribution in [1.29, 1.82) is 0 Å². The van der Waals surface area contributed by atoms with Gasteiger partial charge in [0.1, 0.15) is 55.3 Å². The number of likely N-dealkylation sites (N-methyl/N-ethyl adjacent to an activating group) is 3. The quantitative estimate of drug-likeness (QED) is 0.00796. The Morgan fingerprint density at radius 2 is 0.838 bits per heavy atom. The van der Waals surface area contributed by atoms with Crippen molar-refractivity contribution in [3.8, 4) is 0 Å². The number of esters is 4. The fourth-order valence-electron chi connectivity index (χ4n) is 18.2. The summed E-state index contributed by atoms with van der Waals surface area (Å²) in [6.45, 7) is 49.3. The van der Waals surface area contributed by atoms with Crippen LogP contribution in [0.2, 0.25) is 18.1 Å². The number of aromatic nitrogens is 4. The molecule has 4 N–H and O–H groups in total. The molecule has 39 heteroatoms. The number of piperidine rings is 2. The Morgan fingerprint density at radius 1 is 0.500 bits per heavy atom. The van der Waals surface area contributed by atoms with Crippen molar-refractivity contribution in [3.63, 3.8) is 0 Å². The van der Waals surface area contributed by atoms with E-state index in [2.05, 4.69) is 91.9 Å². The molecule has 0 aliphatic carbocycles. The van der Waals surface area contributed by atoms with E-state index in [1.54, 1.807) is 97.0 Å². The molecule has 2 aliphatic rings. The Kier molecular flexibility index (Phi) is 56.6. The lowest BCUT2D eigenvalue weighted by atomic mass is 9.83. The highest BCUT2D eigenvalue weighted by Gasteiger charge is 2.44. The monoisotopic (exact) mass is 2080 g/mol. The zero-order valence-corrected chi connectivity index (χ0v) is 95.8. The Morgan fingerprint density at radius 3 is 1.18 bits per heavy atom. The number of carbonyl (C=O) groups is 12. The maximum atomic E-state index is 13.9. The number of Topliss-reactive ketones (excluding diaryl/α,β-unsaturated/α-hetero) is 2. The highest BCUT2D eigenvalue weighted by molar-refractivity contribution is 7.10. The van der Waals surface area contributed by atoms with Gasteiger partial charge in [0.2, 0.25) is 23.6 Å². The van der Waals surface area contributed by atoms with Crippen molar-refractivity contribution in [2.45, 2.75) is 366 Å². The SMILES string of the molecule is CCOC(=O)c1csc([C@H](O)C[C@H](C(C)C)N(C)C(=O)[C@@H](CC(=O)OC(C)(C)C)[C@@H](C)CC)n1.CC[C@H](C)C(N=[N+]=[N-])C(=O)N(C)[C@H](C[C@@H](O[Si](CC)(CC)CC)c1nc(C(=O)OC)cs1)C(C)C.CC[C@H](C)[C@H](CC(=O)[C@H]1CCCCN1C)C(=O)N(C)[C@H](C[C@@H](O)c1nc(C(=O)NC)cs1)C(C)C.CC[C@H](C)[C@H](CC(=O)[C@H]1CCCCN1C)C(=O)N(C)[C@H](C[C@@H](OC(C)=O)c1nc(C(=O)NC)cs1)C(C)C. The van der Waals surface area contributed by atoms with E-state index in [0.717, 1.165) is 100 Å². The third-order valence-electron chi connectivity index (χ3n) is 28.4. The van der Waals surface area contributed by atoms with Gasteiger partial charge in [-0.1, -0.05) is 175 Å². The van der Waals surface area contributed by atoms with Crippen LogP contribution in [-0.2, 0) is 61.7 Å². The van der Waals surface area contributed by atoms with Crippen molar-refractivity contribution < 1.29 is 91.1 Å². The molecule has 142 heavy (non-hydrogen) atoms. The molecule has 6 heterocycles. The summed E-state index contributed by atoms with van der Waals surface area (Å²) in [6, 6.07) is 0.981. The van der Waals surface area contributed by atoms with Gasteiger partial charge in [-0.3, -0.25) is 57.7 Å². The van der Waals surface area contributed by atoms with Gasteiger partial charge in [0, 0.05) is 144 Å². The molecule has 2 fully saturated rings. The van der Waals surface area contributed by atoms with Gasteiger partial charge < -0.3 is 63.8 Å². The summed E-state index contributed by atoms with van der Waals surface area (Å²) in [5.41, 5.74) is 9.41. The number of carbonyl (C=O) groups excluding carboxylic acids is 12. The number of methoxy groups -OCH3 is 1. The number of azide groups is 1. The molecular weight excluding hydrogens is 1910 g/mol. The molecule has 0 radical (unpaired) electrons. The topological polar surface area (TPSA) is 435 Å². The van der Waals surface area contributed by atoms with E-state index in [4.69, 9.17) is 28.9 Å². The molecule has 0 saturated carbocycles. The first-order valence-corrected chi connectivity index (χ1v) is 57.2. The predicted octanol–water partition coefficient (Wildman–Crippen LogP) is 18.8. The van der Waals surface area contributed by atoms with E-state index in [0.29, 0.717) is 34.3 Å². The molecule has 1 unspecified atom stereocenters. The summed E-state index contributed by atoms with van der Waals surface area (Å²) in [4.78, 5) is 185. The summed E-state index contributed by atoms with van der Waals surface area (Å²) in [5, 5.41) is 39.3. The molecule has 2 saturated heterocycles. The van der Waals surface area contributed by atoms with Crippen molar-refractivity contribution in [2.75, 3.05) is 83.2 Å². The highest BCUT2D eigenvalue weighted by atomic mass is 32.1. The molecule has 4 aromatic rings. The molecule has 34 nitrogen and oxygen atoms in total. The van der Waals surface area contributed by atoms with E-state index < -0.39 is 74.0 Å². The number of amides is 6. The number of rotatable bonds is 52. The molecule has 2 aliphatic heterocycles. The molecule has 4 aromatic heterocycles. The van der Waals surface area contributed by atoms with Gasteiger partial charge in [-0.05, 0) is 158 Å². The van der Waals surface area contributed by atoms with Crippen molar-refractivity contribution >= 4 is 125 Å². The molecule has 6 amide bonds. The summed E-state index contributed by atoms with van der Waals surface area (Å²) in [7, 11) is 13.4. The first-order chi connectivity index (χ1) is 66.7. The lowest BCUT2D eigenvalue weighted by Gasteiger charge is -2.38. The molecule has 0 bridgehead atoms. The van der Waals surface area contributed by atoms with Gasteiger partial charge in [-0.2, -0.15) is 0 Å². The molecular formula is C103H175N15O19S4Si. The number of hydrogen-bond acceptors (Lipinski definition) is 30. The van der Waals surface area contributed by atoms with E-state index in [9.17, 15) is 67.7 Å². The third kappa shape index (κ3) is 38.9. The molecule has 804 valence electrons. The first-order valence-electron chi connectivity index (χ1n) is 51.2. The number of nitrogens with one attached hydrogen (secondary N) is 2. The molecule has 18 atom stereocenters. The fraction of sp³-hybridized carbons (Fsp3) is 0.767. The summed E-state index contributed by atoms with van der Waals surface area (Å²) >= 11 is 5.07. The first kappa shape index (κ1) is 128. The zero-order valence-electron chi connectivity index (χ0n) is 91.6. The third-order valence-corrected chi connectivity index (χ3v) is 36.8. The van der Waals surface area contributed by atoms with Crippen LogP contribution in [0.3, 0.4) is 0 Å². The number of aliphatic hydroxyl groups is 2. The van der Waals surface area contributed by atoms with Crippen LogP contribution >= 0.6 is 45.3 Å². The minimum absolute atomic E-state index is 0.00805. The highest BCUT2D eigenvalue weighted by Crippen LogP contribution is 2.40. The second-order valence-corrected chi connectivity index (χ2v) is 49.0. The Balaban J connectivity index is 0.000000487. The van der Waals surface area contributed by atoms with Crippen LogP contribution in [0.5, 0.6) is 0 Å². The Hall–Kier alpha value is -8.11. The van der Waals surface area contributed by atoms with Gasteiger partial charge in [0.25, 0.3) is 11.8 Å². The van der Waals surface area contributed by atoms with Gasteiger partial charge in [0.15, 0.2) is 37.4 Å². The number of aliphatic hydroxyl groups excluding tert-OH is 2. The van der Waals surface area contributed by atoms with Crippen LogP contribution in [0, 0.1) is 65.1 Å². The lowest BCUT2D eigenvalue weighted by molar-refractivity contribution is -0.160. The fourth-order valence-corrected chi connectivity index (χ4v) is 24.4. The number of likely N-dealkylation sites (tertiary alicyclic amines) is 2.